The van der Waals surface area contributed by atoms with E-state index in [0.717, 1.165) is 0 Å². The molecule has 0 saturated carbocycles. The third-order valence-electron chi connectivity index (χ3n) is 3.63. The van der Waals surface area contributed by atoms with E-state index in [4.69, 9.17) is 5.84 Å². The molecule has 0 aromatic heterocycles. The zero-order valence-electron chi connectivity index (χ0n) is 12.9. The Kier molecular flexibility index (Phi) is 6.52. The summed E-state index contributed by atoms with van der Waals surface area (Å²) in [6.45, 7) is 2.91. The number of nitro groups is 1. The van der Waals surface area contributed by atoms with Gasteiger partial charge in [-0.2, -0.15) is 0 Å². The van der Waals surface area contributed by atoms with Gasteiger partial charge in [0.25, 0.3) is 5.69 Å². The maximum atomic E-state index is 12.3. The summed E-state index contributed by atoms with van der Waals surface area (Å²) in [7, 11) is 0. The van der Waals surface area contributed by atoms with Gasteiger partial charge in [-0.3, -0.25) is 29.9 Å². The Bertz CT molecular complexity index is 629. The quantitative estimate of drug-likeness (QED) is 0.320. The Balaban J connectivity index is 3.34. The molecular weight excluding hydrogens is 302 g/mol. The average molecular weight is 321 g/mol. The number of ketones is 2. The first-order chi connectivity index (χ1) is 10.8. The second-order valence-corrected chi connectivity index (χ2v) is 5.14. The number of hydrogen-bond acceptors (Lipinski definition) is 6. The van der Waals surface area contributed by atoms with E-state index in [2.05, 4.69) is 0 Å². The molecule has 8 nitrogen and oxygen atoms in total. The Hall–Kier alpha value is -2.61. The lowest BCUT2D eigenvalue weighted by Crippen LogP contribution is -2.36. The van der Waals surface area contributed by atoms with Crippen molar-refractivity contribution in [3.05, 3.63) is 39.9 Å². The van der Waals surface area contributed by atoms with Crippen molar-refractivity contribution in [3.63, 3.8) is 0 Å². The van der Waals surface area contributed by atoms with Gasteiger partial charge in [0.05, 0.1) is 10.8 Å². The molecular formula is C15H19N3O5. The molecule has 1 aromatic carbocycles. The van der Waals surface area contributed by atoms with Crippen LogP contribution in [-0.4, -0.2) is 22.4 Å². The Morgan fingerprint density at radius 1 is 1.35 bits per heavy atom. The van der Waals surface area contributed by atoms with Gasteiger partial charge >= 0.3 is 0 Å². The molecule has 0 aliphatic carbocycles. The fraction of sp³-hybridized carbons (Fsp3) is 0.400. The van der Waals surface area contributed by atoms with Crippen molar-refractivity contribution in [1.82, 2.24) is 5.43 Å². The first-order valence-corrected chi connectivity index (χ1v) is 7.08. The smallest absolute Gasteiger partial charge is 0.269 e. The van der Waals surface area contributed by atoms with Crippen LogP contribution < -0.4 is 11.3 Å². The van der Waals surface area contributed by atoms with Crippen LogP contribution in [0.4, 0.5) is 5.69 Å². The lowest BCUT2D eigenvalue weighted by Gasteiger charge is -2.23. The van der Waals surface area contributed by atoms with Crippen LogP contribution in [-0.2, 0) is 14.4 Å². The van der Waals surface area contributed by atoms with Crippen molar-refractivity contribution in [2.75, 3.05) is 0 Å². The number of benzene rings is 1. The molecule has 1 rings (SSSR count). The van der Waals surface area contributed by atoms with E-state index in [1.807, 2.05) is 5.43 Å². The Morgan fingerprint density at radius 2 is 2.00 bits per heavy atom. The van der Waals surface area contributed by atoms with Crippen LogP contribution >= 0.6 is 0 Å². The van der Waals surface area contributed by atoms with Gasteiger partial charge in [0.15, 0.2) is 0 Å². The molecule has 0 bridgehead atoms. The summed E-state index contributed by atoms with van der Waals surface area (Å²) in [5, 5.41) is 10.9. The molecule has 1 aromatic rings. The van der Waals surface area contributed by atoms with Gasteiger partial charge in [-0.1, -0.05) is 19.1 Å². The van der Waals surface area contributed by atoms with Crippen molar-refractivity contribution in [1.29, 1.82) is 0 Å². The van der Waals surface area contributed by atoms with Crippen LogP contribution in [0, 0.1) is 16.0 Å². The second-order valence-electron chi connectivity index (χ2n) is 5.14. The van der Waals surface area contributed by atoms with Crippen molar-refractivity contribution >= 4 is 23.2 Å². The molecule has 0 heterocycles. The molecule has 23 heavy (non-hydrogen) atoms. The van der Waals surface area contributed by atoms with Gasteiger partial charge in [-0.15, -0.1) is 0 Å². The lowest BCUT2D eigenvalue weighted by atomic mass is 9.78. The molecule has 8 heteroatoms. The van der Waals surface area contributed by atoms with E-state index in [9.17, 15) is 24.5 Å². The van der Waals surface area contributed by atoms with Gasteiger partial charge in [0.2, 0.25) is 5.91 Å². The molecule has 124 valence electrons. The highest BCUT2D eigenvalue weighted by Gasteiger charge is 2.34. The maximum Gasteiger partial charge on any atom is 0.269 e. The van der Waals surface area contributed by atoms with E-state index in [1.54, 1.807) is 13.0 Å². The number of hydrazine groups is 1. The third-order valence-corrected chi connectivity index (χ3v) is 3.63. The minimum atomic E-state index is -0.923. The maximum absolute atomic E-state index is 12.3. The number of carbonyl (C=O) groups excluding carboxylic acids is 3. The van der Waals surface area contributed by atoms with Crippen molar-refractivity contribution in [2.24, 2.45) is 11.8 Å². The monoisotopic (exact) mass is 321 g/mol. The van der Waals surface area contributed by atoms with Gasteiger partial charge in [-0.05, 0) is 12.5 Å². The highest BCUT2D eigenvalue weighted by Crippen LogP contribution is 2.32. The summed E-state index contributed by atoms with van der Waals surface area (Å²) in [5.41, 5.74) is 2.10. The summed E-state index contributed by atoms with van der Waals surface area (Å²) in [4.78, 5) is 46.1. The topological polar surface area (TPSA) is 132 Å². The number of nitrogens with one attached hydrogen (secondary N) is 1. The average Bonchev–Trinajstić information content (AvgIpc) is 2.53. The summed E-state index contributed by atoms with van der Waals surface area (Å²) < 4.78 is 0. The molecule has 2 atom stereocenters. The number of nitrogens with zero attached hydrogens (tertiary/aromatic N) is 1. The van der Waals surface area contributed by atoms with Crippen LogP contribution in [0.1, 0.15) is 38.2 Å². The Labute approximate surface area is 133 Å². The zero-order chi connectivity index (χ0) is 17.6. The first-order valence-electron chi connectivity index (χ1n) is 7.08. The Morgan fingerprint density at radius 3 is 2.48 bits per heavy atom. The summed E-state index contributed by atoms with van der Waals surface area (Å²) in [5.74, 6) is 2.00. The van der Waals surface area contributed by atoms with Gasteiger partial charge in [0.1, 0.15) is 11.6 Å². The largest absolute Gasteiger partial charge is 0.300 e. The number of non-ortho nitro benzene ring substituents is 1. The highest BCUT2D eigenvalue weighted by atomic mass is 16.6. The van der Waals surface area contributed by atoms with E-state index in [-0.39, 0.29) is 30.1 Å². The van der Waals surface area contributed by atoms with Gasteiger partial charge in [-0.25, -0.2) is 5.84 Å². The standard InChI is InChI=1S/C15H19N3O5/c1-3-13(20)15(12(9(2)19)8-14(21)17-16)10-5-4-6-11(7-10)18(22)23/h4-7,12,15H,3,8,16H2,1-2H3,(H,17,21). The fourth-order valence-corrected chi connectivity index (χ4v) is 2.45. The second kappa shape index (κ2) is 8.14. The SMILES string of the molecule is CCC(=O)C(c1cccc([N+](=O)[O-])c1)C(CC(=O)NN)C(C)=O. The number of nitro benzene ring substituents is 1. The predicted octanol–water partition coefficient (Wildman–Crippen LogP) is 1.24. The number of nitrogens with two attached hydrogens (primary N) is 1. The number of rotatable bonds is 8. The number of Topliss-reactive ketones (excluding diaryl/α,β-unsaturated/α-hetero) is 2. The number of carbonyl (C=O) groups is 3. The van der Waals surface area contributed by atoms with Crippen LogP contribution in [0.15, 0.2) is 24.3 Å². The molecule has 0 radical (unpaired) electrons. The summed E-state index contributed by atoms with van der Waals surface area (Å²) >= 11 is 0. The molecule has 3 N–H and O–H groups in total. The minimum absolute atomic E-state index is 0.140. The minimum Gasteiger partial charge on any atom is -0.300 e. The highest BCUT2D eigenvalue weighted by molar-refractivity contribution is 5.95. The molecule has 0 aliphatic rings. The molecule has 1 amide bonds. The number of hydrogen-bond donors (Lipinski definition) is 2. The number of amides is 1. The molecule has 2 unspecified atom stereocenters. The van der Waals surface area contributed by atoms with Crippen molar-refractivity contribution < 1.29 is 19.3 Å². The first kappa shape index (κ1) is 18.4. The van der Waals surface area contributed by atoms with Crippen LogP contribution in [0.3, 0.4) is 0 Å². The van der Waals surface area contributed by atoms with E-state index in [1.165, 1.54) is 25.1 Å². The predicted molar refractivity (Wildman–Crippen MR) is 82.3 cm³/mol. The lowest BCUT2D eigenvalue weighted by molar-refractivity contribution is -0.384. The molecule has 0 saturated heterocycles. The van der Waals surface area contributed by atoms with E-state index >= 15 is 0 Å². The van der Waals surface area contributed by atoms with Gasteiger partial charge in [0, 0.05) is 30.9 Å². The summed E-state index contributed by atoms with van der Waals surface area (Å²) in [6, 6.07) is 5.55. The normalized spacial score (nSPS) is 13.0. The van der Waals surface area contributed by atoms with Crippen molar-refractivity contribution in [2.45, 2.75) is 32.6 Å². The van der Waals surface area contributed by atoms with Crippen molar-refractivity contribution in [3.8, 4) is 0 Å². The zero-order valence-corrected chi connectivity index (χ0v) is 12.9. The van der Waals surface area contributed by atoms with Crippen LogP contribution in [0.5, 0.6) is 0 Å². The third kappa shape index (κ3) is 4.68. The fourth-order valence-electron chi connectivity index (χ4n) is 2.45. The summed E-state index contributed by atoms with van der Waals surface area (Å²) in [6.07, 6.45) is -0.119. The molecule has 0 spiro atoms. The van der Waals surface area contributed by atoms with Crippen LogP contribution in [0.25, 0.3) is 0 Å². The molecule has 0 fully saturated rings. The molecule has 0 aliphatic heterocycles. The van der Waals surface area contributed by atoms with E-state index < -0.39 is 22.7 Å². The van der Waals surface area contributed by atoms with Gasteiger partial charge < -0.3 is 0 Å². The van der Waals surface area contributed by atoms with E-state index in [0.29, 0.717) is 5.56 Å². The van der Waals surface area contributed by atoms with Crippen LogP contribution in [0.2, 0.25) is 0 Å².